The van der Waals surface area contributed by atoms with E-state index in [-0.39, 0.29) is 11.7 Å². The Morgan fingerprint density at radius 2 is 1.76 bits per heavy atom. The molecule has 0 aliphatic heterocycles. The normalized spacial score (nSPS) is 11.2. The molecule has 0 aliphatic carbocycles. The summed E-state index contributed by atoms with van der Waals surface area (Å²) in [5, 5.41) is 2.86. The van der Waals surface area contributed by atoms with Gasteiger partial charge in [0.05, 0.1) is 5.54 Å². The molecule has 0 unspecified atom stereocenters. The van der Waals surface area contributed by atoms with Crippen LogP contribution in [-0.4, -0.2) is 5.91 Å². The Balaban J connectivity index is 2.19. The second-order valence-corrected chi connectivity index (χ2v) is 5.46. The zero-order valence-corrected chi connectivity index (χ0v) is 12.2. The first-order valence-electron chi connectivity index (χ1n) is 6.80. The third-order valence-corrected chi connectivity index (χ3v) is 3.43. The van der Waals surface area contributed by atoms with E-state index in [2.05, 4.69) is 5.32 Å². The van der Waals surface area contributed by atoms with E-state index < -0.39 is 5.54 Å². The van der Waals surface area contributed by atoms with Crippen molar-refractivity contribution in [2.75, 3.05) is 0 Å². The number of carbonyl (C=O) groups excluding carboxylic acids is 1. The summed E-state index contributed by atoms with van der Waals surface area (Å²) in [5.41, 5.74) is 6.67. The van der Waals surface area contributed by atoms with Crippen LogP contribution >= 0.6 is 0 Å². The Morgan fingerprint density at radius 1 is 1.14 bits per heavy atom. The molecule has 0 fully saturated rings. The minimum Gasteiger partial charge on any atom is -0.343 e. The number of hydrogen-bond acceptors (Lipinski definition) is 2. The van der Waals surface area contributed by atoms with Gasteiger partial charge >= 0.3 is 0 Å². The van der Waals surface area contributed by atoms with Crippen molar-refractivity contribution in [3.63, 3.8) is 0 Å². The number of carbonyl (C=O) groups is 1. The van der Waals surface area contributed by atoms with Gasteiger partial charge in [-0.3, -0.25) is 4.79 Å². The largest absolute Gasteiger partial charge is 0.343 e. The molecule has 0 radical (unpaired) electrons. The number of hydrogen-bond donors (Lipinski definition) is 2. The molecule has 0 saturated heterocycles. The van der Waals surface area contributed by atoms with Crippen molar-refractivity contribution in [1.29, 1.82) is 0 Å². The van der Waals surface area contributed by atoms with Crippen molar-refractivity contribution in [2.24, 2.45) is 5.73 Å². The highest BCUT2D eigenvalue weighted by Crippen LogP contribution is 2.23. The van der Waals surface area contributed by atoms with Gasteiger partial charge in [0.15, 0.2) is 0 Å². The summed E-state index contributed by atoms with van der Waals surface area (Å²) in [5.74, 6) is -0.576. The number of halogens is 1. The number of nitrogens with two attached hydrogens (primary N) is 1. The topological polar surface area (TPSA) is 55.1 Å². The first-order valence-corrected chi connectivity index (χ1v) is 6.80. The summed E-state index contributed by atoms with van der Waals surface area (Å²) in [7, 11) is 0. The van der Waals surface area contributed by atoms with Crippen molar-refractivity contribution in [3.05, 3.63) is 71.0 Å². The Morgan fingerprint density at radius 3 is 2.33 bits per heavy atom. The van der Waals surface area contributed by atoms with Gasteiger partial charge in [0.25, 0.3) is 5.91 Å². The van der Waals surface area contributed by atoms with Crippen LogP contribution in [0.2, 0.25) is 0 Å². The van der Waals surface area contributed by atoms with E-state index in [1.54, 1.807) is 44.2 Å². The molecule has 0 atom stereocenters. The maximum atomic E-state index is 13.9. The van der Waals surface area contributed by atoms with Crippen LogP contribution in [0.5, 0.6) is 0 Å². The number of amides is 1. The lowest BCUT2D eigenvalue weighted by Gasteiger charge is -2.27. The summed E-state index contributed by atoms with van der Waals surface area (Å²) in [6.07, 6.45) is 0. The van der Waals surface area contributed by atoms with Gasteiger partial charge in [-0.1, -0.05) is 30.3 Å². The number of nitrogens with one attached hydrogen (secondary N) is 1. The van der Waals surface area contributed by atoms with Crippen LogP contribution in [0, 0.1) is 5.82 Å². The van der Waals surface area contributed by atoms with Gasteiger partial charge in [-0.05, 0) is 37.6 Å². The minimum absolute atomic E-state index is 0.244. The van der Waals surface area contributed by atoms with E-state index in [4.69, 9.17) is 5.73 Å². The lowest BCUT2D eigenvalue weighted by atomic mass is 9.93. The lowest BCUT2D eigenvalue weighted by molar-refractivity contribution is 0.0911. The fourth-order valence-corrected chi connectivity index (χ4v) is 2.18. The SMILES string of the molecule is CC(C)(NC(=O)c1ccc(CN)cc1)c1ccccc1F. The predicted octanol–water partition coefficient (Wildman–Crippen LogP) is 2.95. The Bertz CT molecular complexity index is 635. The molecule has 2 aromatic rings. The van der Waals surface area contributed by atoms with E-state index in [1.165, 1.54) is 6.07 Å². The maximum absolute atomic E-state index is 13.9. The van der Waals surface area contributed by atoms with Gasteiger partial charge in [0.2, 0.25) is 0 Å². The zero-order valence-electron chi connectivity index (χ0n) is 12.2. The second kappa shape index (κ2) is 6.06. The van der Waals surface area contributed by atoms with E-state index in [1.807, 2.05) is 12.1 Å². The molecule has 4 heteroatoms. The molecule has 0 saturated carbocycles. The average Bonchev–Trinajstić information content (AvgIpc) is 2.47. The molecule has 2 aromatic carbocycles. The van der Waals surface area contributed by atoms with Crippen molar-refractivity contribution in [1.82, 2.24) is 5.32 Å². The molecule has 3 N–H and O–H groups in total. The van der Waals surface area contributed by atoms with Gasteiger partial charge in [-0.25, -0.2) is 4.39 Å². The highest BCUT2D eigenvalue weighted by molar-refractivity contribution is 5.94. The van der Waals surface area contributed by atoms with Crippen LogP contribution in [0.4, 0.5) is 4.39 Å². The second-order valence-electron chi connectivity index (χ2n) is 5.46. The minimum atomic E-state index is -0.797. The fourth-order valence-electron chi connectivity index (χ4n) is 2.18. The van der Waals surface area contributed by atoms with Gasteiger partial charge in [0, 0.05) is 17.7 Å². The van der Waals surface area contributed by atoms with Crippen LogP contribution < -0.4 is 11.1 Å². The Labute approximate surface area is 124 Å². The van der Waals surface area contributed by atoms with E-state index in [0.717, 1.165) is 5.56 Å². The molecule has 0 spiro atoms. The summed E-state index contributed by atoms with van der Waals surface area (Å²) < 4.78 is 13.9. The summed E-state index contributed by atoms with van der Waals surface area (Å²) in [6.45, 7) is 3.98. The molecule has 21 heavy (non-hydrogen) atoms. The zero-order chi connectivity index (χ0) is 15.5. The molecule has 0 aromatic heterocycles. The molecule has 3 nitrogen and oxygen atoms in total. The summed E-state index contributed by atoms with van der Waals surface area (Å²) in [4.78, 5) is 12.3. The lowest BCUT2D eigenvalue weighted by Crippen LogP contribution is -2.41. The van der Waals surface area contributed by atoms with E-state index >= 15 is 0 Å². The van der Waals surface area contributed by atoms with E-state index in [9.17, 15) is 9.18 Å². The van der Waals surface area contributed by atoms with Gasteiger partial charge < -0.3 is 11.1 Å². The van der Waals surface area contributed by atoms with Crippen molar-refractivity contribution >= 4 is 5.91 Å². The van der Waals surface area contributed by atoms with Crippen LogP contribution in [0.1, 0.15) is 35.3 Å². The fraction of sp³-hybridized carbons (Fsp3) is 0.235. The highest BCUT2D eigenvalue weighted by atomic mass is 19.1. The number of benzene rings is 2. The van der Waals surface area contributed by atoms with Crippen LogP contribution in [0.25, 0.3) is 0 Å². The smallest absolute Gasteiger partial charge is 0.251 e. The average molecular weight is 286 g/mol. The third-order valence-electron chi connectivity index (χ3n) is 3.43. The molecule has 0 bridgehead atoms. The molecule has 0 aliphatic rings. The quantitative estimate of drug-likeness (QED) is 0.908. The van der Waals surface area contributed by atoms with Crippen molar-refractivity contribution in [3.8, 4) is 0 Å². The van der Waals surface area contributed by atoms with Crippen LogP contribution in [0.15, 0.2) is 48.5 Å². The van der Waals surface area contributed by atoms with Gasteiger partial charge in [-0.15, -0.1) is 0 Å². The monoisotopic (exact) mass is 286 g/mol. The predicted molar refractivity (Wildman–Crippen MR) is 81.2 cm³/mol. The Hall–Kier alpha value is -2.20. The number of rotatable bonds is 4. The molecule has 1 amide bonds. The molecule has 2 rings (SSSR count). The molecule has 0 heterocycles. The maximum Gasteiger partial charge on any atom is 0.251 e. The van der Waals surface area contributed by atoms with Crippen molar-refractivity contribution < 1.29 is 9.18 Å². The van der Waals surface area contributed by atoms with E-state index in [0.29, 0.717) is 17.7 Å². The Kier molecular flexibility index (Phi) is 4.38. The standard InChI is InChI=1S/C17H19FN2O/c1-17(2,14-5-3-4-6-15(14)18)20-16(21)13-9-7-12(11-19)8-10-13/h3-10H,11,19H2,1-2H3,(H,20,21). The first kappa shape index (κ1) is 15.2. The van der Waals surface area contributed by atoms with Crippen molar-refractivity contribution in [2.45, 2.75) is 25.9 Å². The van der Waals surface area contributed by atoms with Crippen LogP contribution in [0.3, 0.4) is 0 Å². The first-order chi connectivity index (χ1) is 9.94. The molecule has 110 valence electrons. The summed E-state index contributed by atoms with van der Waals surface area (Å²) >= 11 is 0. The third kappa shape index (κ3) is 3.47. The highest BCUT2D eigenvalue weighted by Gasteiger charge is 2.26. The van der Waals surface area contributed by atoms with Crippen LogP contribution in [-0.2, 0) is 12.1 Å². The van der Waals surface area contributed by atoms with Gasteiger partial charge in [-0.2, -0.15) is 0 Å². The molecular weight excluding hydrogens is 267 g/mol. The molecular formula is C17H19FN2O. The van der Waals surface area contributed by atoms with Gasteiger partial charge in [0.1, 0.15) is 5.82 Å². The summed E-state index contributed by atoms with van der Waals surface area (Å²) in [6, 6.07) is 13.5.